The highest BCUT2D eigenvalue weighted by Crippen LogP contribution is 2.20. The van der Waals surface area contributed by atoms with Gasteiger partial charge in [0.15, 0.2) is 5.78 Å². The van der Waals surface area contributed by atoms with E-state index in [1.807, 2.05) is 86.5 Å². The summed E-state index contributed by atoms with van der Waals surface area (Å²) in [5.74, 6) is -0.320. The smallest absolute Gasteiger partial charge is 0.270 e. The molecular weight excluding hydrogens is 392 g/mol. The van der Waals surface area contributed by atoms with Crippen LogP contribution in [0.2, 0.25) is 0 Å². The van der Waals surface area contributed by atoms with Gasteiger partial charge in [0.1, 0.15) is 0 Å². The molecule has 1 aliphatic rings. The predicted octanol–water partition coefficient (Wildman–Crippen LogP) is 3.84. The van der Waals surface area contributed by atoms with Gasteiger partial charge in [-0.3, -0.25) is 19.9 Å². The summed E-state index contributed by atoms with van der Waals surface area (Å²) in [6, 6.07) is 15.8. The van der Waals surface area contributed by atoms with Gasteiger partial charge in [0.2, 0.25) is 0 Å². The first-order chi connectivity index (χ1) is 14.8. The molecule has 31 heavy (non-hydrogen) atoms. The lowest BCUT2D eigenvalue weighted by Gasteiger charge is -2.15. The quantitative estimate of drug-likeness (QED) is 0.309. The molecule has 7 nitrogen and oxygen atoms in total. The zero-order valence-electron chi connectivity index (χ0n) is 17.9. The van der Waals surface area contributed by atoms with Gasteiger partial charge >= 0.3 is 0 Å². The number of nitro groups is 1. The van der Waals surface area contributed by atoms with Gasteiger partial charge in [-0.05, 0) is 30.3 Å². The molecule has 0 N–H and O–H groups in total. The van der Waals surface area contributed by atoms with E-state index in [2.05, 4.69) is 4.99 Å². The van der Waals surface area contributed by atoms with Gasteiger partial charge in [0.05, 0.1) is 10.6 Å². The highest BCUT2D eigenvalue weighted by Gasteiger charge is 2.17. The number of carbonyl (C=O) groups excluding carboxylic acids is 1. The molecule has 158 valence electrons. The summed E-state index contributed by atoms with van der Waals surface area (Å²) in [7, 11) is 7.87. The van der Waals surface area contributed by atoms with Crippen LogP contribution in [-0.2, 0) is 4.79 Å². The van der Waals surface area contributed by atoms with Crippen molar-refractivity contribution in [2.45, 2.75) is 0 Å². The second-order valence-corrected chi connectivity index (χ2v) is 7.47. The average molecular weight is 416 g/mol. The molecule has 0 saturated heterocycles. The van der Waals surface area contributed by atoms with E-state index < -0.39 is 4.92 Å². The molecule has 0 spiro atoms. The Morgan fingerprint density at radius 1 is 0.871 bits per heavy atom. The second-order valence-electron chi connectivity index (χ2n) is 7.47. The van der Waals surface area contributed by atoms with Crippen LogP contribution < -0.4 is 9.80 Å². The number of carbonyl (C=O) groups is 1. The van der Waals surface area contributed by atoms with E-state index in [1.165, 1.54) is 24.4 Å². The van der Waals surface area contributed by atoms with Gasteiger partial charge in [0, 0.05) is 74.6 Å². The highest BCUT2D eigenvalue weighted by atomic mass is 16.6. The molecule has 0 saturated carbocycles. The van der Waals surface area contributed by atoms with Crippen LogP contribution >= 0.6 is 0 Å². The van der Waals surface area contributed by atoms with Crippen LogP contribution in [0.5, 0.6) is 0 Å². The molecule has 2 aromatic rings. The maximum atomic E-state index is 12.2. The zero-order chi connectivity index (χ0) is 22.5. The fourth-order valence-corrected chi connectivity index (χ4v) is 3.04. The number of ketones is 1. The molecule has 0 fully saturated rings. The van der Waals surface area contributed by atoms with Crippen LogP contribution in [0.25, 0.3) is 0 Å². The van der Waals surface area contributed by atoms with E-state index in [-0.39, 0.29) is 17.1 Å². The minimum Gasteiger partial charge on any atom is -0.378 e. The highest BCUT2D eigenvalue weighted by molar-refractivity contribution is 6.14. The van der Waals surface area contributed by atoms with Gasteiger partial charge in [-0.15, -0.1) is 0 Å². The van der Waals surface area contributed by atoms with Crippen molar-refractivity contribution in [3.8, 4) is 0 Å². The molecule has 0 aliphatic heterocycles. The molecule has 1 aliphatic carbocycles. The number of anilines is 2. The molecule has 3 rings (SSSR count). The average Bonchev–Trinajstić information content (AvgIpc) is 2.75. The summed E-state index contributed by atoms with van der Waals surface area (Å²) in [4.78, 5) is 31.3. The first-order valence-electron chi connectivity index (χ1n) is 9.68. The third-order valence-corrected chi connectivity index (χ3v) is 4.85. The number of nitrogens with zero attached hydrogens (tertiary/aromatic N) is 4. The second kappa shape index (κ2) is 9.21. The summed E-state index contributed by atoms with van der Waals surface area (Å²) in [5.41, 5.74) is 4.54. The Morgan fingerprint density at radius 3 is 1.77 bits per heavy atom. The first kappa shape index (κ1) is 21.7. The van der Waals surface area contributed by atoms with E-state index in [1.54, 1.807) is 0 Å². The Morgan fingerprint density at radius 2 is 1.35 bits per heavy atom. The van der Waals surface area contributed by atoms with E-state index in [4.69, 9.17) is 0 Å². The molecule has 7 heteroatoms. The molecule has 0 heterocycles. The molecule has 0 bridgehead atoms. The summed E-state index contributed by atoms with van der Waals surface area (Å²) in [6.45, 7) is 0. The van der Waals surface area contributed by atoms with Crippen molar-refractivity contribution >= 4 is 22.9 Å². The minimum atomic E-state index is -0.526. The summed E-state index contributed by atoms with van der Waals surface area (Å²) in [5, 5.41) is 11.1. The van der Waals surface area contributed by atoms with Crippen LogP contribution in [0.1, 0.15) is 11.1 Å². The number of aliphatic imine (C=N–C) groups is 1. The summed E-state index contributed by atoms with van der Waals surface area (Å²) in [6.07, 6.45) is 5.03. The van der Waals surface area contributed by atoms with Crippen molar-refractivity contribution in [2.24, 2.45) is 4.99 Å². The monoisotopic (exact) mass is 416 g/mol. The van der Waals surface area contributed by atoms with Crippen molar-refractivity contribution in [1.29, 1.82) is 0 Å². The Labute approximate surface area is 181 Å². The van der Waals surface area contributed by atoms with E-state index >= 15 is 0 Å². The maximum absolute atomic E-state index is 12.2. The third kappa shape index (κ3) is 5.14. The van der Waals surface area contributed by atoms with Gasteiger partial charge in [0.25, 0.3) is 5.70 Å². The van der Waals surface area contributed by atoms with E-state index in [0.29, 0.717) is 5.71 Å². The van der Waals surface area contributed by atoms with Gasteiger partial charge in [-0.25, -0.2) is 0 Å². The van der Waals surface area contributed by atoms with Crippen LogP contribution in [0.15, 0.2) is 89.2 Å². The number of hydrogen-bond acceptors (Lipinski definition) is 6. The standard InChI is InChI=1S/C24H24N4O3/c1-26(2)20-9-5-17(6-10-20)24(18-7-11-21(12-8-18)27(3)4)25-16-19-15-22(28(30)31)13-14-23(19)29/h5-16H,1-4H3. The number of rotatable bonds is 6. The molecule has 0 aromatic heterocycles. The van der Waals surface area contributed by atoms with Crippen molar-refractivity contribution in [3.63, 3.8) is 0 Å². The van der Waals surface area contributed by atoms with Crippen molar-refractivity contribution in [1.82, 2.24) is 0 Å². The molecule has 0 unspecified atom stereocenters. The summed E-state index contributed by atoms with van der Waals surface area (Å²) >= 11 is 0. The Hall–Kier alpha value is -4.00. The van der Waals surface area contributed by atoms with Crippen molar-refractivity contribution < 1.29 is 9.72 Å². The summed E-state index contributed by atoms with van der Waals surface area (Å²) < 4.78 is 0. The van der Waals surface area contributed by atoms with E-state index in [9.17, 15) is 14.9 Å². The predicted molar refractivity (Wildman–Crippen MR) is 124 cm³/mol. The third-order valence-electron chi connectivity index (χ3n) is 4.85. The van der Waals surface area contributed by atoms with Gasteiger partial charge in [-0.2, -0.15) is 0 Å². The molecule has 0 amide bonds. The fraction of sp³-hybridized carbons (Fsp3) is 0.167. The van der Waals surface area contributed by atoms with Crippen molar-refractivity contribution in [3.05, 3.63) is 105 Å². The number of hydrogen-bond donors (Lipinski definition) is 0. The molecule has 0 radical (unpaired) electrons. The molecule has 2 aromatic carbocycles. The normalized spacial score (nSPS) is 14.3. The van der Waals surface area contributed by atoms with Gasteiger partial charge in [-0.1, -0.05) is 24.3 Å². The van der Waals surface area contributed by atoms with Crippen LogP contribution in [0.3, 0.4) is 0 Å². The Bertz CT molecular complexity index is 1050. The Balaban J connectivity index is 2.08. The lowest BCUT2D eigenvalue weighted by molar-refractivity contribution is -0.419. The van der Waals surface area contributed by atoms with Crippen LogP contribution in [0.4, 0.5) is 11.4 Å². The largest absolute Gasteiger partial charge is 0.378 e. The van der Waals surface area contributed by atoms with E-state index in [0.717, 1.165) is 22.5 Å². The molecule has 0 atom stereocenters. The zero-order valence-corrected chi connectivity index (χ0v) is 17.9. The Kier molecular flexibility index (Phi) is 6.45. The first-order valence-corrected chi connectivity index (χ1v) is 9.68. The van der Waals surface area contributed by atoms with Gasteiger partial charge < -0.3 is 9.80 Å². The van der Waals surface area contributed by atoms with Crippen molar-refractivity contribution in [2.75, 3.05) is 38.0 Å². The SMILES string of the molecule is CN(C)c1ccc(C(=NC=C2C=C([N+](=O)[O-])C=CC2=O)c2ccc(N(C)C)cc2)cc1. The lowest BCUT2D eigenvalue weighted by Crippen LogP contribution is -2.11. The van der Waals surface area contributed by atoms with Crippen LogP contribution in [0, 0.1) is 10.1 Å². The number of allylic oxidation sites excluding steroid dienone is 4. The fourth-order valence-electron chi connectivity index (χ4n) is 3.04. The lowest BCUT2D eigenvalue weighted by atomic mass is 10.0. The molecular formula is C24H24N4O3. The minimum absolute atomic E-state index is 0.145. The van der Waals surface area contributed by atoms with Crippen LogP contribution in [-0.4, -0.2) is 44.6 Å². The topological polar surface area (TPSA) is 79.0 Å². The maximum Gasteiger partial charge on any atom is 0.270 e. The number of benzene rings is 2.